The molecule has 106 valence electrons. The van der Waals surface area contributed by atoms with Crippen molar-refractivity contribution >= 4 is 33.1 Å². The van der Waals surface area contributed by atoms with Crippen LogP contribution in [0, 0.1) is 20.8 Å². The summed E-state index contributed by atoms with van der Waals surface area (Å²) in [6.07, 6.45) is 0. The Morgan fingerprint density at radius 3 is 2.62 bits per heavy atom. The highest BCUT2D eigenvalue weighted by molar-refractivity contribution is 7.18. The lowest BCUT2D eigenvalue weighted by Gasteiger charge is -2.07. The second-order valence-electron chi connectivity index (χ2n) is 5.17. The van der Waals surface area contributed by atoms with Crippen molar-refractivity contribution in [3.63, 3.8) is 0 Å². The third-order valence-electron chi connectivity index (χ3n) is 3.52. The Bertz CT molecular complexity index is 836. The molecular weight excluding hydrogens is 280 g/mol. The van der Waals surface area contributed by atoms with Gasteiger partial charge in [-0.25, -0.2) is 4.98 Å². The highest BCUT2D eigenvalue weighted by atomic mass is 32.1. The monoisotopic (exact) mass is 296 g/mol. The molecule has 1 heterocycles. The highest BCUT2D eigenvalue weighted by Crippen LogP contribution is 2.24. The van der Waals surface area contributed by atoms with Gasteiger partial charge < -0.3 is 5.32 Å². The standard InChI is InChI=1S/C17H16N2OS/c1-10-4-5-13(8-11(10)2)17(20)19-14-6-7-16-15(9-14)18-12(3)21-16/h4-9H,1-3H3,(H,19,20). The fourth-order valence-corrected chi connectivity index (χ4v) is 3.01. The highest BCUT2D eigenvalue weighted by Gasteiger charge is 2.08. The molecule has 0 bridgehead atoms. The van der Waals surface area contributed by atoms with Crippen LogP contribution in [0.25, 0.3) is 10.2 Å². The van der Waals surface area contributed by atoms with Crippen molar-refractivity contribution in [2.24, 2.45) is 0 Å². The van der Waals surface area contributed by atoms with Crippen molar-refractivity contribution in [1.29, 1.82) is 0 Å². The van der Waals surface area contributed by atoms with Gasteiger partial charge in [0.1, 0.15) is 0 Å². The topological polar surface area (TPSA) is 42.0 Å². The zero-order valence-electron chi connectivity index (χ0n) is 12.2. The van der Waals surface area contributed by atoms with Gasteiger partial charge in [-0.2, -0.15) is 0 Å². The van der Waals surface area contributed by atoms with E-state index in [2.05, 4.69) is 10.3 Å². The first-order valence-corrected chi connectivity index (χ1v) is 7.60. The number of nitrogens with one attached hydrogen (secondary N) is 1. The van der Waals surface area contributed by atoms with Gasteiger partial charge in [0.05, 0.1) is 15.2 Å². The number of aromatic nitrogens is 1. The number of aryl methyl sites for hydroxylation is 3. The Hall–Kier alpha value is -2.20. The summed E-state index contributed by atoms with van der Waals surface area (Å²) in [6.45, 7) is 6.03. The number of benzene rings is 2. The molecule has 2 aromatic carbocycles. The quantitative estimate of drug-likeness (QED) is 0.758. The maximum Gasteiger partial charge on any atom is 0.255 e. The smallest absolute Gasteiger partial charge is 0.255 e. The third-order valence-corrected chi connectivity index (χ3v) is 4.47. The Morgan fingerprint density at radius 1 is 1.05 bits per heavy atom. The van der Waals surface area contributed by atoms with Crippen LogP contribution in [0.15, 0.2) is 36.4 Å². The number of rotatable bonds is 2. The van der Waals surface area contributed by atoms with Gasteiger partial charge in [-0.3, -0.25) is 4.79 Å². The van der Waals surface area contributed by atoms with E-state index in [9.17, 15) is 4.79 Å². The second-order valence-corrected chi connectivity index (χ2v) is 6.40. The number of hydrogen-bond acceptors (Lipinski definition) is 3. The Morgan fingerprint density at radius 2 is 1.86 bits per heavy atom. The van der Waals surface area contributed by atoms with Crippen molar-refractivity contribution in [1.82, 2.24) is 4.98 Å². The van der Waals surface area contributed by atoms with E-state index in [1.165, 1.54) is 5.56 Å². The van der Waals surface area contributed by atoms with Gasteiger partial charge in [-0.1, -0.05) is 6.07 Å². The zero-order valence-corrected chi connectivity index (χ0v) is 13.0. The summed E-state index contributed by atoms with van der Waals surface area (Å²) >= 11 is 1.66. The van der Waals surface area contributed by atoms with E-state index in [1.807, 2.05) is 57.2 Å². The lowest BCUT2D eigenvalue weighted by atomic mass is 10.1. The second kappa shape index (κ2) is 5.30. The summed E-state index contributed by atoms with van der Waals surface area (Å²) in [5, 5.41) is 3.96. The lowest BCUT2D eigenvalue weighted by Crippen LogP contribution is -2.12. The fraction of sp³-hybridized carbons (Fsp3) is 0.176. The first kappa shape index (κ1) is 13.8. The molecule has 0 aliphatic rings. The SMILES string of the molecule is Cc1nc2cc(NC(=O)c3ccc(C)c(C)c3)ccc2s1. The third kappa shape index (κ3) is 2.81. The first-order valence-electron chi connectivity index (χ1n) is 6.79. The van der Waals surface area contributed by atoms with Crippen molar-refractivity contribution < 1.29 is 4.79 Å². The maximum absolute atomic E-state index is 12.3. The van der Waals surface area contributed by atoms with Gasteiger partial charge in [0, 0.05) is 11.3 Å². The number of nitrogens with zero attached hydrogens (tertiary/aromatic N) is 1. The van der Waals surface area contributed by atoms with Crippen LogP contribution in [0.3, 0.4) is 0 Å². The molecule has 0 saturated heterocycles. The van der Waals surface area contributed by atoms with Gasteiger partial charge in [0.25, 0.3) is 5.91 Å². The van der Waals surface area contributed by atoms with E-state index in [1.54, 1.807) is 11.3 Å². The summed E-state index contributed by atoms with van der Waals surface area (Å²) in [4.78, 5) is 16.7. The number of thiazole rings is 1. The summed E-state index contributed by atoms with van der Waals surface area (Å²) in [7, 11) is 0. The van der Waals surface area contributed by atoms with Crippen molar-refractivity contribution in [3.8, 4) is 0 Å². The minimum atomic E-state index is -0.0931. The molecule has 3 nitrogen and oxygen atoms in total. The molecule has 0 radical (unpaired) electrons. The molecular formula is C17H16N2OS. The predicted molar refractivity (Wildman–Crippen MR) is 88.2 cm³/mol. The Balaban J connectivity index is 1.86. The van der Waals surface area contributed by atoms with Crippen LogP contribution in [0.4, 0.5) is 5.69 Å². The van der Waals surface area contributed by atoms with Crippen molar-refractivity contribution in [2.75, 3.05) is 5.32 Å². The molecule has 21 heavy (non-hydrogen) atoms. The predicted octanol–water partition coefficient (Wildman–Crippen LogP) is 4.47. The molecule has 1 N–H and O–H groups in total. The van der Waals surface area contributed by atoms with Crippen LogP contribution in [-0.2, 0) is 0 Å². The lowest BCUT2D eigenvalue weighted by molar-refractivity contribution is 0.102. The van der Waals surface area contributed by atoms with Crippen LogP contribution in [0.1, 0.15) is 26.5 Å². The van der Waals surface area contributed by atoms with E-state index >= 15 is 0 Å². The van der Waals surface area contributed by atoms with E-state index in [0.29, 0.717) is 5.56 Å². The minimum Gasteiger partial charge on any atom is -0.322 e. The van der Waals surface area contributed by atoms with Crippen LogP contribution < -0.4 is 5.32 Å². The number of hydrogen-bond donors (Lipinski definition) is 1. The number of fused-ring (bicyclic) bond motifs is 1. The van der Waals surface area contributed by atoms with Gasteiger partial charge in [-0.15, -0.1) is 11.3 Å². The summed E-state index contributed by atoms with van der Waals surface area (Å²) in [5.41, 5.74) is 4.68. The summed E-state index contributed by atoms with van der Waals surface area (Å²) in [5.74, 6) is -0.0931. The zero-order chi connectivity index (χ0) is 15.0. The Labute approximate surface area is 127 Å². The first-order chi connectivity index (χ1) is 10.0. The van der Waals surface area contributed by atoms with E-state index in [4.69, 9.17) is 0 Å². The molecule has 0 unspecified atom stereocenters. The molecule has 0 saturated carbocycles. The average Bonchev–Trinajstić information content (AvgIpc) is 2.81. The van der Waals surface area contributed by atoms with E-state index < -0.39 is 0 Å². The maximum atomic E-state index is 12.3. The summed E-state index contributed by atoms with van der Waals surface area (Å²) in [6, 6.07) is 11.6. The average molecular weight is 296 g/mol. The largest absolute Gasteiger partial charge is 0.322 e. The van der Waals surface area contributed by atoms with Gasteiger partial charge in [-0.05, 0) is 62.2 Å². The molecule has 3 aromatic rings. The van der Waals surface area contributed by atoms with Crippen molar-refractivity contribution in [3.05, 3.63) is 58.1 Å². The van der Waals surface area contributed by atoms with E-state index in [0.717, 1.165) is 26.5 Å². The van der Waals surface area contributed by atoms with Crippen LogP contribution >= 0.6 is 11.3 Å². The number of carbonyl (C=O) groups excluding carboxylic acids is 1. The number of amides is 1. The number of anilines is 1. The molecule has 1 aromatic heterocycles. The molecule has 0 atom stereocenters. The molecule has 0 spiro atoms. The molecule has 3 rings (SSSR count). The molecule has 1 amide bonds. The Kier molecular flexibility index (Phi) is 3.47. The number of carbonyl (C=O) groups is 1. The van der Waals surface area contributed by atoms with E-state index in [-0.39, 0.29) is 5.91 Å². The van der Waals surface area contributed by atoms with Gasteiger partial charge in [0.15, 0.2) is 0 Å². The van der Waals surface area contributed by atoms with Gasteiger partial charge >= 0.3 is 0 Å². The summed E-state index contributed by atoms with van der Waals surface area (Å²) < 4.78 is 1.14. The molecule has 0 aliphatic carbocycles. The fourth-order valence-electron chi connectivity index (χ4n) is 2.21. The molecule has 4 heteroatoms. The normalized spacial score (nSPS) is 10.8. The minimum absolute atomic E-state index is 0.0931. The van der Waals surface area contributed by atoms with Crippen molar-refractivity contribution in [2.45, 2.75) is 20.8 Å². The van der Waals surface area contributed by atoms with Crippen LogP contribution in [0.5, 0.6) is 0 Å². The molecule has 0 aliphatic heterocycles. The molecule has 0 fully saturated rings. The van der Waals surface area contributed by atoms with Crippen LogP contribution in [0.2, 0.25) is 0 Å². The van der Waals surface area contributed by atoms with Crippen LogP contribution in [-0.4, -0.2) is 10.9 Å². The van der Waals surface area contributed by atoms with Gasteiger partial charge in [0.2, 0.25) is 0 Å².